The molecule has 1 aliphatic heterocycles. The second-order valence-electron chi connectivity index (χ2n) is 7.39. The van der Waals surface area contributed by atoms with Crippen molar-refractivity contribution in [3.63, 3.8) is 0 Å². The Morgan fingerprint density at radius 3 is 2.61 bits per heavy atom. The molecule has 0 radical (unpaired) electrons. The number of thiophene rings is 1. The van der Waals surface area contributed by atoms with Crippen molar-refractivity contribution in [1.29, 1.82) is 0 Å². The summed E-state index contributed by atoms with van der Waals surface area (Å²) in [4.78, 5) is 28.2. The first kappa shape index (κ1) is 23.2. The normalized spacial score (nSPS) is 15.3. The molecule has 168 valence electrons. The highest BCUT2D eigenvalue weighted by atomic mass is 32.1. The molecular formula is C23H31N3O4S. The third kappa shape index (κ3) is 7.34. The van der Waals surface area contributed by atoms with Gasteiger partial charge in [0.05, 0.1) is 32.4 Å². The van der Waals surface area contributed by atoms with E-state index in [2.05, 4.69) is 28.5 Å². The molecule has 0 saturated carbocycles. The molecule has 3 rings (SSSR count). The highest BCUT2D eigenvalue weighted by Crippen LogP contribution is 2.25. The van der Waals surface area contributed by atoms with Gasteiger partial charge >= 0.3 is 0 Å². The van der Waals surface area contributed by atoms with Crippen LogP contribution in [0, 0.1) is 0 Å². The summed E-state index contributed by atoms with van der Waals surface area (Å²) >= 11 is 1.69. The van der Waals surface area contributed by atoms with Crippen molar-refractivity contribution >= 4 is 23.2 Å². The fraction of sp³-hybridized carbons (Fsp3) is 0.478. The Balaban J connectivity index is 1.44. The van der Waals surface area contributed by atoms with E-state index >= 15 is 0 Å². The van der Waals surface area contributed by atoms with Crippen LogP contribution in [0.15, 0.2) is 41.8 Å². The Labute approximate surface area is 187 Å². The van der Waals surface area contributed by atoms with Crippen molar-refractivity contribution in [1.82, 2.24) is 15.5 Å². The monoisotopic (exact) mass is 445 g/mol. The number of rotatable bonds is 11. The molecule has 0 aliphatic carbocycles. The zero-order chi connectivity index (χ0) is 21.9. The van der Waals surface area contributed by atoms with E-state index < -0.39 is 0 Å². The van der Waals surface area contributed by atoms with Gasteiger partial charge in [-0.25, -0.2) is 0 Å². The van der Waals surface area contributed by atoms with Gasteiger partial charge in [-0.05, 0) is 42.1 Å². The summed E-state index contributed by atoms with van der Waals surface area (Å²) in [6, 6.07) is 11.2. The Morgan fingerprint density at radius 1 is 1.16 bits per heavy atom. The lowest BCUT2D eigenvalue weighted by Crippen LogP contribution is -2.45. The molecule has 2 amide bonds. The van der Waals surface area contributed by atoms with Crippen LogP contribution >= 0.6 is 11.3 Å². The third-order valence-corrected chi connectivity index (χ3v) is 6.12. The van der Waals surface area contributed by atoms with Gasteiger partial charge in [0, 0.05) is 30.1 Å². The first-order chi connectivity index (χ1) is 15.2. The number of carbonyl (C=O) groups is 2. The Hall–Kier alpha value is -2.42. The number of nitrogens with one attached hydrogen (secondary N) is 2. The molecule has 0 unspecified atom stereocenters. The van der Waals surface area contributed by atoms with Gasteiger partial charge in [-0.3, -0.25) is 14.5 Å². The van der Waals surface area contributed by atoms with E-state index in [0.29, 0.717) is 31.9 Å². The van der Waals surface area contributed by atoms with Gasteiger partial charge in [0.1, 0.15) is 5.75 Å². The van der Waals surface area contributed by atoms with E-state index in [0.717, 1.165) is 31.7 Å². The predicted octanol–water partition coefficient (Wildman–Crippen LogP) is 2.85. The van der Waals surface area contributed by atoms with Crippen LogP contribution in [0.2, 0.25) is 0 Å². The maximum Gasteiger partial charge on any atom is 0.251 e. The van der Waals surface area contributed by atoms with E-state index in [4.69, 9.17) is 9.47 Å². The average molecular weight is 446 g/mol. The number of hydrogen-bond acceptors (Lipinski definition) is 6. The number of hydrogen-bond donors (Lipinski definition) is 2. The van der Waals surface area contributed by atoms with Crippen LogP contribution in [0.5, 0.6) is 5.75 Å². The SMILES string of the molecule is CCCCOc1ccc(C(=O)NCC(=O)NC[C@H](c2cccs2)N2CCOCC2)cc1. The highest BCUT2D eigenvalue weighted by molar-refractivity contribution is 7.10. The van der Waals surface area contributed by atoms with E-state index in [1.54, 1.807) is 35.6 Å². The summed E-state index contributed by atoms with van der Waals surface area (Å²) in [6.07, 6.45) is 2.07. The molecule has 1 aromatic heterocycles. The first-order valence-corrected chi connectivity index (χ1v) is 11.7. The quantitative estimate of drug-likeness (QED) is 0.520. The van der Waals surface area contributed by atoms with E-state index in [-0.39, 0.29) is 24.4 Å². The smallest absolute Gasteiger partial charge is 0.251 e. The second kappa shape index (κ2) is 12.4. The third-order valence-electron chi connectivity index (χ3n) is 5.14. The zero-order valence-electron chi connectivity index (χ0n) is 18.0. The fourth-order valence-corrected chi connectivity index (χ4v) is 4.21. The highest BCUT2D eigenvalue weighted by Gasteiger charge is 2.24. The van der Waals surface area contributed by atoms with Crippen LogP contribution in [0.3, 0.4) is 0 Å². The second-order valence-corrected chi connectivity index (χ2v) is 8.37. The molecule has 2 aromatic rings. The minimum atomic E-state index is -0.279. The zero-order valence-corrected chi connectivity index (χ0v) is 18.8. The van der Waals surface area contributed by atoms with Crippen LogP contribution in [0.25, 0.3) is 0 Å². The maximum atomic E-state index is 12.4. The summed E-state index contributed by atoms with van der Waals surface area (Å²) in [5.41, 5.74) is 0.500. The van der Waals surface area contributed by atoms with E-state index in [1.165, 1.54) is 4.88 Å². The maximum absolute atomic E-state index is 12.4. The van der Waals surface area contributed by atoms with Gasteiger partial charge < -0.3 is 20.1 Å². The van der Waals surface area contributed by atoms with Crippen molar-refractivity contribution in [2.45, 2.75) is 25.8 Å². The Kier molecular flexibility index (Phi) is 9.33. The van der Waals surface area contributed by atoms with Crippen LogP contribution in [0.1, 0.15) is 41.0 Å². The summed E-state index contributed by atoms with van der Waals surface area (Å²) in [7, 11) is 0. The van der Waals surface area contributed by atoms with Crippen molar-refractivity contribution in [3.8, 4) is 5.75 Å². The molecule has 31 heavy (non-hydrogen) atoms. The fourth-order valence-electron chi connectivity index (χ4n) is 3.35. The molecule has 7 nitrogen and oxygen atoms in total. The molecule has 8 heteroatoms. The molecule has 2 heterocycles. The molecule has 0 bridgehead atoms. The lowest BCUT2D eigenvalue weighted by atomic mass is 10.2. The number of unbranched alkanes of at least 4 members (excludes halogenated alkanes) is 1. The number of ether oxygens (including phenoxy) is 2. The molecule has 1 saturated heterocycles. The number of carbonyl (C=O) groups excluding carboxylic acids is 2. The first-order valence-electron chi connectivity index (χ1n) is 10.8. The lowest BCUT2D eigenvalue weighted by Gasteiger charge is -2.34. The van der Waals surface area contributed by atoms with Gasteiger partial charge in [-0.1, -0.05) is 19.4 Å². The minimum Gasteiger partial charge on any atom is -0.494 e. The van der Waals surface area contributed by atoms with Crippen molar-refractivity contribution in [2.75, 3.05) is 46.0 Å². The topological polar surface area (TPSA) is 79.9 Å². The molecule has 1 aliphatic rings. The largest absolute Gasteiger partial charge is 0.494 e. The number of benzene rings is 1. The summed E-state index contributed by atoms with van der Waals surface area (Å²) in [5, 5.41) is 7.70. The van der Waals surface area contributed by atoms with Crippen molar-refractivity contribution in [2.24, 2.45) is 0 Å². The van der Waals surface area contributed by atoms with Crippen molar-refractivity contribution < 1.29 is 19.1 Å². The van der Waals surface area contributed by atoms with Gasteiger partial charge in [0.15, 0.2) is 0 Å². The molecule has 1 fully saturated rings. The number of amides is 2. The van der Waals surface area contributed by atoms with Crippen LogP contribution in [-0.4, -0.2) is 62.7 Å². The van der Waals surface area contributed by atoms with Gasteiger partial charge in [0.2, 0.25) is 5.91 Å². The molecule has 1 atom stereocenters. The summed E-state index contributed by atoms with van der Waals surface area (Å²) in [6.45, 7) is 6.30. The predicted molar refractivity (Wildman–Crippen MR) is 122 cm³/mol. The number of nitrogens with zero attached hydrogens (tertiary/aromatic N) is 1. The molecular weight excluding hydrogens is 414 g/mol. The molecule has 2 N–H and O–H groups in total. The molecule has 0 spiro atoms. The summed E-state index contributed by atoms with van der Waals surface area (Å²) in [5.74, 6) is 0.256. The van der Waals surface area contributed by atoms with Gasteiger partial charge in [-0.15, -0.1) is 11.3 Å². The summed E-state index contributed by atoms with van der Waals surface area (Å²) < 4.78 is 11.1. The van der Waals surface area contributed by atoms with Crippen LogP contribution in [0.4, 0.5) is 0 Å². The van der Waals surface area contributed by atoms with Crippen molar-refractivity contribution in [3.05, 3.63) is 52.2 Å². The number of morpholine rings is 1. The molecule has 1 aromatic carbocycles. The van der Waals surface area contributed by atoms with Crippen LogP contribution < -0.4 is 15.4 Å². The van der Waals surface area contributed by atoms with Gasteiger partial charge in [0.25, 0.3) is 5.91 Å². The minimum absolute atomic E-state index is 0.0617. The Morgan fingerprint density at radius 2 is 1.94 bits per heavy atom. The lowest BCUT2D eigenvalue weighted by molar-refractivity contribution is -0.120. The average Bonchev–Trinajstić information content (AvgIpc) is 3.33. The van der Waals surface area contributed by atoms with Gasteiger partial charge in [-0.2, -0.15) is 0 Å². The standard InChI is InChI=1S/C23H31N3O4S/c1-2-3-12-30-19-8-6-18(7-9-19)23(28)25-17-22(27)24-16-20(21-5-4-15-31-21)26-10-13-29-14-11-26/h4-9,15,20H,2-3,10-14,16-17H2,1H3,(H,24,27)(H,25,28)/t20-/m1/s1. The van der Waals surface area contributed by atoms with E-state index in [1.807, 2.05) is 11.4 Å². The Bertz CT molecular complexity index is 805. The van der Waals surface area contributed by atoms with Crippen LogP contribution in [-0.2, 0) is 9.53 Å². The van der Waals surface area contributed by atoms with E-state index in [9.17, 15) is 9.59 Å².